The lowest BCUT2D eigenvalue weighted by Gasteiger charge is -2.20. The average molecular weight is 291 g/mol. The molecule has 0 fully saturated rings. The van der Waals surface area contributed by atoms with E-state index in [1.165, 1.54) is 11.8 Å². The van der Waals surface area contributed by atoms with Gasteiger partial charge in [-0.2, -0.15) is 0 Å². The topological polar surface area (TPSA) is 78.5 Å². The quantitative estimate of drug-likeness (QED) is 0.813. The van der Waals surface area contributed by atoms with Crippen LogP contribution in [0, 0.1) is 0 Å². The third-order valence-corrected chi connectivity index (χ3v) is 3.12. The highest BCUT2D eigenvalue weighted by atomic mass is 16.2. The summed E-state index contributed by atoms with van der Waals surface area (Å²) in [7, 11) is 1.68. The molecule has 3 amide bonds. The van der Waals surface area contributed by atoms with Crippen LogP contribution in [0.1, 0.15) is 31.1 Å². The van der Waals surface area contributed by atoms with Gasteiger partial charge in [-0.3, -0.25) is 9.59 Å². The summed E-state index contributed by atoms with van der Waals surface area (Å²) in [6.45, 7) is 5.56. The minimum atomic E-state index is -0.605. The van der Waals surface area contributed by atoms with Crippen molar-refractivity contribution in [1.29, 1.82) is 0 Å². The fourth-order valence-corrected chi connectivity index (χ4v) is 1.70. The van der Waals surface area contributed by atoms with Crippen LogP contribution in [0.25, 0.3) is 0 Å². The number of hydrogen-bond acceptors (Lipinski definition) is 3. The number of likely N-dealkylation sites (N-methyl/N-ethyl adjacent to an activating group) is 1. The minimum Gasteiger partial charge on any atom is -0.344 e. The summed E-state index contributed by atoms with van der Waals surface area (Å²) in [5.74, 6) is -0.188. The van der Waals surface area contributed by atoms with Crippen molar-refractivity contribution in [2.75, 3.05) is 18.9 Å². The molecule has 6 nitrogen and oxygen atoms in total. The van der Waals surface area contributed by atoms with Crippen molar-refractivity contribution in [2.24, 2.45) is 0 Å². The Balaban J connectivity index is 2.57. The maximum atomic E-state index is 11.8. The van der Waals surface area contributed by atoms with Crippen molar-refractivity contribution >= 4 is 23.4 Å². The van der Waals surface area contributed by atoms with Crippen molar-refractivity contribution in [1.82, 2.24) is 10.2 Å². The second-order valence-electron chi connectivity index (χ2n) is 4.81. The molecule has 1 aromatic carbocycles. The van der Waals surface area contributed by atoms with Crippen LogP contribution in [-0.4, -0.2) is 42.3 Å². The fraction of sp³-hybridized carbons (Fsp3) is 0.400. The van der Waals surface area contributed by atoms with Gasteiger partial charge < -0.3 is 15.5 Å². The Labute approximate surface area is 124 Å². The monoisotopic (exact) mass is 291 g/mol. The first-order chi connectivity index (χ1) is 9.85. The molecule has 0 spiro atoms. The molecule has 1 aromatic rings. The van der Waals surface area contributed by atoms with Gasteiger partial charge in [0, 0.05) is 24.8 Å². The molecule has 6 heteroatoms. The number of benzene rings is 1. The van der Waals surface area contributed by atoms with Crippen molar-refractivity contribution in [3.8, 4) is 0 Å². The summed E-state index contributed by atoms with van der Waals surface area (Å²) in [6.07, 6.45) is 0. The molecular weight excluding hydrogens is 270 g/mol. The van der Waals surface area contributed by atoms with Crippen molar-refractivity contribution in [2.45, 2.75) is 26.8 Å². The van der Waals surface area contributed by atoms with E-state index in [9.17, 15) is 14.4 Å². The Hall–Kier alpha value is -2.37. The first-order valence-corrected chi connectivity index (χ1v) is 6.78. The zero-order valence-corrected chi connectivity index (χ0v) is 12.8. The molecule has 0 saturated carbocycles. The zero-order chi connectivity index (χ0) is 16.0. The number of ketones is 1. The van der Waals surface area contributed by atoms with Crippen LogP contribution in [0.4, 0.5) is 10.5 Å². The molecule has 0 aliphatic rings. The van der Waals surface area contributed by atoms with E-state index in [0.717, 1.165) is 0 Å². The number of Topliss-reactive ketones (excluding diaryl/α,β-unsaturated/α-hetero) is 1. The maximum Gasteiger partial charge on any atom is 0.319 e. The maximum absolute atomic E-state index is 11.8. The van der Waals surface area contributed by atoms with E-state index in [0.29, 0.717) is 17.8 Å². The number of nitrogens with one attached hydrogen (secondary N) is 2. The lowest BCUT2D eigenvalue weighted by Crippen LogP contribution is -2.46. The van der Waals surface area contributed by atoms with Gasteiger partial charge in [0.15, 0.2) is 5.78 Å². The lowest BCUT2D eigenvalue weighted by molar-refractivity contribution is -0.131. The largest absolute Gasteiger partial charge is 0.344 e. The number of hydrogen-bond donors (Lipinski definition) is 2. The van der Waals surface area contributed by atoms with Gasteiger partial charge in [0.1, 0.15) is 6.04 Å². The molecule has 0 bridgehead atoms. The molecule has 21 heavy (non-hydrogen) atoms. The van der Waals surface area contributed by atoms with E-state index in [4.69, 9.17) is 0 Å². The number of urea groups is 1. The van der Waals surface area contributed by atoms with Crippen LogP contribution in [-0.2, 0) is 4.79 Å². The van der Waals surface area contributed by atoms with Crippen LogP contribution < -0.4 is 10.6 Å². The van der Waals surface area contributed by atoms with E-state index < -0.39 is 12.1 Å². The van der Waals surface area contributed by atoms with Crippen molar-refractivity contribution in [3.05, 3.63) is 29.8 Å². The molecule has 0 aliphatic carbocycles. The molecular formula is C15H21N3O3. The summed E-state index contributed by atoms with van der Waals surface area (Å²) in [6, 6.07) is 5.49. The second kappa shape index (κ2) is 7.42. The van der Waals surface area contributed by atoms with Crippen LogP contribution >= 0.6 is 0 Å². The number of carbonyl (C=O) groups is 3. The summed E-state index contributed by atoms with van der Waals surface area (Å²) in [5, 5.41) is 5.19. The number of rotatable bonds is 5. The van der Waals surface area contributed by atoms with Crippen LogP contribution in [0.5, 0.6) is 0 Å². The summed E-state index contributed by atoms with van der Waals surface area (Å²) >= 11 is 0. The molecule has 2 N–H and O–H groups in total. The Bertz CT molecular complexity index is 525. The SMILES string of the molecule is CCN(C)C(=O)C(C)NC(=O)Nc1ccc(C(C)=O)cc1. The summed E-state index contributed by atoms with van der Waals surface area (Å²) in [5.41, 5.74) is 1.13. The third kappa shape index (κ3) is 4.91. The Morgan fingerprint density at radius 1 is 1.19 bits per heavy atom. The standard InChI is InChI=1S/C15H21N3O3/c1-5-18(4)14(20)10(2)16-15(21)17-13-8-6-12(7-9-13)11(3)19/h6-10H,5H2,1-4H3,(H2,16,17,21). The summed E-state index contributed by atoms with van der Waals surface area (Å²) in [4.78, 5) is 36.3. The molecule has 0 aromatic heterocycles. The first kappa shape index (κ1) is 16.7. The van der Waals surface area contributed by atoms with Crippen LogP contribution in [0.2, 0.25) is 0 Å². The van der Waals surface area contributed by atoms with E-state index in [1.54, 1.807) is 38.2 Å². The molecule has 114 valence electrons. The molecule has 1 atom stereocenters. The fourth-order valence-electron chi connectivity index (χ4n) is 1.70. The predicted octanol–water partition coefficient (Wildman–Crippen LogP) is 1.88. The van der Waals surface area contributed by atoms with Gasteiger partial charge in [0.05, 0.1) is 0 Å². The van der Waals surface area contributed by atoms with Gasteiger partial charge in [-0.25, -0.2) is 4.79 Å². The molecule has 0 aliphatic heterocycles. The molecule has 0 radical (unpaired) electrons. The smallest absolute Gasteiger partial charge is 0.319 e. The van der Waals surface area contributed by atoms with E-state index in [-0.39, 0.29) is 11.7 Å². The zero-order valence-electron chi connectivity index (χ0n) is 12.8. The lowest BCUT2D eigenvalue weighted by atomic mass is 10.1. The third-order valence-electron chi connectivity index (χ3n) is 3.12. The highest BCUT2D eigenvalue weighted by molar-refractivity contribution is 5.96. The van der Waals surface area contributed by atoms with Crippen molar-refractivity contribution < 1.29 is 14.4 Å². The Morgan fingerprint density at radius 2 is 1.76 bits per heavy atom. The van der Waals surface area contributed by atoms with E-state index >= 15 is 0 Å². The minimum absolute atomic E-state index is 0.0344. The summed E-state index contributed by atoms with van der Waals surface area (Å²) < 4.78 is 0. The van der Waals surface area contributed by atoms with Gasteiger partial charge in [0.25, 0.3) is 0 Å². The van der Waals surface area contributed by atoms with Gasteiger partial charge in [0.2, 0.25) is 5.91 Å². The number of anilines is 1. The van der Waals surface area contributed by atoms with Gasteiger partial charge in [-0.1, -0.05) is 0 Å². The van der Waals surface area contributed by atoms with Crippen molar-refractivity contribution in [3.63, 3.8) is 0 Å². The van der Waals surface area contributed by atoms with Gasteiger partial charge >= 0.3 is 6.03 Å². The molecule has 1 rings (SSSR count). The molecule has 0 heterocycles. The van der Waals surface area contributed by atoms with Gasteiger partial charge in [-0.05, 0) is 45.0 Å². The number of nitrogens with zero attached hydrogens (tertiary/aromatic N) is 1. The van der Waals surface area contributed by atoms with Gasteiger partial charge in [-0.15, -0.1) is 0 Å². The normalized spacial score (nSPS) is 11.4. The van der Waals surface area contributed by atoms with Crippen LogP contribution in [0.3, 0.4) is 0 Å². The number of carbonyl (C=O) groups excluding carboxylic acids is 3. The van der Waals surface area contributed by atoms with Crippen LogP contribution in [0.15, 0.2) is 24.3 Å². The molecule has 1 unspecified atom stereocenters. The molecule has 0 saturated heterocycles. The van der Waals surface area contributed by atoms with E-state index in [1.807, 2.05) is 6.92 Å². The van der Waals surface area contributed by atoms with E-state index in [2.05, 4.69) is 10.6 Å². The first-order valence-electron chi connectivity index (χ1n) is 6.78. The highest BCUT2D eigenvalue weighted by Gasteiger charge is 2.18. The Kier molecular flexibility index (Phi) is 5.90. The number of amides is 3. The Morgan fingerprint density at radius 3 is 2.24 bits per heavy atom. The second-order valence-corrected chi connectivity index (χ2v) is 4.81. The predicted molar refractivity (Wildman–Crippen MR) is 81.4 cm³/mol. The average Bonchev–Trinajstić information content (AvgIpc) is 2.45. The highest BCUT2D eigenvalue weighted by Crippen LogP contribution is 2.09.